The number of carbonyl (C=O) groups is 1. The Labute approximate surface area is 197 Å². The van der Waals surface area contributed by atoms with Crippen molar-refractivity contribution < 1.29 is 4.79 Å². The van der Waals surface area contributed by atoms with Gasteiger partial charge in [0.25, 0.3) is 0 Å². The highest BCUT2D eigenvalue weighted by atomic mass is 79.9. The molecule has 0 saturated carbocycles. The highest BCUT2D eigenvalue weighted by Gasteiger charge is 2.13. The van der Waals surface area contributed by atoms with Gasteiger partial charge in [-0.2, -0.15) is 9.61 Å². The second-order valence-electron chi connectivity index (χ2n) is 6.97. The number of anilines is 1. The fourth-order valence-electron chi connectivity index (χ4n) is 3.20. The zero-order valence-corrected chi connectivity index (χ0v) is 19.8. The molecule has 1 aromatic carbocycles. The average molecular weight is 519 g/mol. The molecular formula is C22H21BrClN5OS. The van der Waals surface area contributed by atoms with Crippen LogP contribution in [0.15, 0.2) is 58.5 Å². The Balaban J connectivity index is 1.35. The third-order valence-electron chi connectivity index (χ3n) is 4.73. The van der Waals surface area contributed by atoms with Gasteiger partial charge in [0, 0.05) is 34.6 Å². The van der Waals surface area contributed by atoms with Crippen LogP contribution in [0.1, 0.15) is 17.7 Å². The number of rotatable bonds is 9. The largest absolute Gasteiger partial charge is 0.370 e. The molecular weight excluding hydrogens is 498 g/mol. The minimum atomic E-state index is 0.0667. The number of hydrogen-bond acceptors (Lipinski definition) is 5. The fraction of sp³-hybridized carbons (Fsp3) is 0.227. The summed E-state index contributed by atoms with van der Waals surface area (Å²) in [5.74, 6) is 0.907. The molecule has 3 aromatic heterocycles. The lowest BCUT2D eigenvalue weighted by Crippen LogP contribution is -2.26. The van der Waals surface area contributed by atoms with Crippen LogP contribution in [0.2, 0.25) is 5.02 Å². The second kappa shape index (κ2) is 10.3. The predicted octanol–water partition coefficient (Wildman–Crippen LogP) is 5.42. The molecule has 0 fully saturated rings. The van der Waals surface area contributed by atoms with Crippen molar-refractivity contribution in [1.82, 2.24) is 19.9 Å². The number of nitrogens with one attached hydrogen (secondary N) is 2. The van der Waals surface area contributed by atoms with Crippen LogP contribution in [0.4, 0.5) is 5.82 Å². The lowest BCUT2D eigenvalue weighted by atomic mass is 10.1. The van der Waals surface area contributed by atoms with E-state index < -0.39 is 0 Å². The van der Waals surface area contributed by atoms with Gasteiger partial charge in [0.1, 0.15) is 5.82 Å². The predicted molar refractivity (Wildman–Crippen MR) is 130 cm³/mol. The smallest absolute Gasteiger partial charge is 0.225 e. The zero-order valence-electron chi connectivity index (χ0n) is 16.6. The maximum absolute atomic E-state index is 12.0. The molecule has 0 aliphatic heterocycles. The van der Waals surface area contributed by atoms with Gasteiger partial charge in [0.15, 0.2) is 5.65 Å². The summed E-state index contributed by atoms with van der Waals surface area (Å²) < 4.78 is 2.59. The summed E-state index contributed by atoms with van der Waals surface area (Å²) in [6.45, 7) is 1.41. The van der Waals surface area contributed by atoms with Gasteiger partial charge in [-0.05, 0) is 46.3 Å². The Morgan fingerprint density at radius 1 is 1.16 bits per heavy atom. The van der Waals surface area contributed by atoms with Crippen molar-refractivity contribution >= 4 is 56.2 Å². The Morgan fingerprint density at radius 2 is 2.00 bits per heavy atom. The van der Waals surface area contributed by atoms with Crippen LogP contribution in [0.25, 0.3) is 16.9 Å². The van der Waals surface area contributed by atoms with Crippen molar-refractivity contribution in [3.8, 4) is 11.3 Å². The summed E-state index contributed by atoms with van der Waals surface area (Å²) in [5, 5.41) is 13.5. The summed E-state index contributed by atoms with van der Waals surface area (Å²) in [4.78, 5) is 17.8. The molecule has 160 valence electrons. The number of thiophene rings is 1. The normalized spacial score (nSPS) is 11.0. The number of benzene rings is 1. The van der Waals surface area contributed by atoms with Crippen LogP contribution in [0.5, 0.6) is 0 Å². The molecule has 0 atom stereocenters. The molecule has 4 aromatic rings. The summed E-state index contributed by atoms with van der Waals surface area (Å²) in [6.07, 6.45) is 3.97. The summed E-state index contributed by atoms with van der Waals surface area (Å²) in [7, 11) is 0. The van der Waals surface area contributed by atoms with Gasteiger partial charge in [-0.25, -0.2) is 4.98 Å². The number of nitrogens with zero attached hydrogens (tertiary/aromatic N) is 3. The van der Waals surface area contributed by atoms with Crippen LogP contribution < -0.4 is 10.6 Å². The number of fused-ring (bicyclic) bond motifs is 1. The van der Waals surface area contributed by atoms with Crippen LogP contribution in [-0.4, -0.2) is 33.6 Å². The van der Waals surface area contributed by atoms with E-state index in [0.717, 1.165) is 51.5 Å². The van der Waals surface area contributed by atoms with Crippen LogP contribution in [0.3, 0.4) is 0 Å². The zero-order chi connectivity index (χ0) is 21.6. The molecule has 3 heterocycles. The van der Waals surface area contributed by atoms with Crippen molar-refractivity contribution in [1.29, 1.82) is 0 Å². The molecule has 0 spiro atoms. The molecule has 0 bridgehead atoms. The molecule has 9 heteroatoms. The van der Waals surface area contributed by atoms with E-state index in [0.29, 0.717) is 18.0 Å². The number of aromatic nitrogens is 3. The maximum Gasteiger partial charge on any atom is 0.225 e. The molecule has 1 amide bonds. The van der Waals surface area contributed by atoms with Gasteiger partial charge < -0.3 is 10.6 Å². The molecule has 0 radical (unpaired) electrons. The van der Waals surface area contributed by atoms with E-state index in [4.69, 9.17) is 16.6 Å². The topological polar surface area (TPSA) is 71.3 Å². The molecule has 0 aliphatic rings. The number of unbranched alkanes of at least 4 members (excludes halogenated alkanes) is 1. The van der Waals surface area contributed by atoms with Crippen molar-refractivity contribution in [3.05, 3.63) is 68.4 Å². The number of hydrogen-bond donors (Lipinski definition) is 2. The Kier molecular flexibility index (Phi) is 7.21. The van der Waals surface area contributed by atoms with Crippen LogP contribution in [-0.2, 0) is 11.2 Å². The molecule has 0 unspecified atom stereocenters. The van der Waals surface area contributed by atoms with Gasteiger partial charge in [-0.3, -0.25) is 4.79 Å². The third kappa shape index (κ3) is 5.44. The third-order valence-corrected chi connectivity index (χ3v) is 6.49. The maximum atomic E-state index is 12.0. The van der Waals surface area contributed by atoms with Crippen LogP contribution >= 0.6 is 38.9 Å². The number of halogens is 2. The van der Waals surface area contributed by atoms with E-state index in [9.17, 15) is 4.79 Å². The van der Waals surface area contributed by atoms with Gasteiger partial charge >= 0.3 is 0 Å². The van der Waals surface area contributed by atoms with E-state index in [1.165, 1.54) is 0 Å². The first-order valence-corrected chi connectivity index (χ1v) is 12.0. The monoisotopic (exact) mass is 517 g/mol. The van der Waals surface area contributed by atoms with Gasteiger partial charge in [-0.1, -0.05) is 35.9 Å². The lowest BCUT2D eigenvalue weighted by Gasteiger charge is -2.12. The van der Waals surface area contributed by atoms with E-state index in [-0.39, 0.29) is 5.91 Å². The molecule has 6 nitrogen and oxygen atoms in total. The van der Waals surface area contributed by atoms with E-state index in [1.807, 2.05) is 47.8 Å². The van der Waals surface area contributed by atoms with Crippen molar-refractivity contribution in [3.63, 3.8) is 0 Å². The minimum absolute atomic E-state index is 0.0667. The fourth-order valence-corrected chi connectivity index (χ4v) is 4.48. The van der Waals surface area contributed by atoms with Gasteiger partial charge in [0.2, 0.25) is 5.91 Å². The van der Waals surface area contributed by atoms with E-state index >= 15 is 0 Å². The van der Waals surface area contributed by atoms with Crippen molar-refractivity contribution in [2.75, 3.05) is 18.4 Å². The molecule has 31 heavy (non-hydrogen) atoms. The number of amides is 1. The highest BCUT2D eigenvalue weighted by Crippen LogP contribution is 2.30. The quantitative estimate of drug-likeness (QED) is 0.290. The summed E-state index contributed by atoms with van der Waals surface area (Å²) in [5.41, 5.74) is 2.37. The minimum Gasteiger partial charge on any atom is -0.370 e. The molecule has 4 rings (SSSR count). The molecule has 2 N–H and O–H groups in total. The first-order valence-electron chi connectivity index (χ1n) is 9.94. The van der Waals surface area contributed by atoms with Gasteiger partial charge in [-0.15, -0.1) is 11.3 Å². The van der Waals surface area contributed by atoms with Gasteiger partial charge in [0.05, 0.1) is 22.8 Å². The summed E-state index contributed by atoms with van der Waals surface area (Å²) >= 11 is 11.5. The van der Waals surface area contributed by atoms with Crippen molar-refractivity contribution in [2.24, 2.45) is 0 Å². The Hall–Kier alpha value is -2.42. The Bertz CT molecular complexity index is 1180. The standard InChI is InChI=1S/C22H21BrClN5OS/c23-17-14-27-29-20(13-19(28-22(17)29)16-7-1-2-8-18(16)24)25-9-3-4-10-26-21(30)12-15-6-5-11-31-15/h1-2,5-8,11,13-14,25H,3-4,9-10,12H2,(H,26,30). The first kappa shape index (κ1) is 21.8. The second-order valence-corrected chi connectivity index (χ2v) is 9.27. The van der Waals surface area contributed by atoms with Crippen LogP contribution in [0, 0.1) is 0 Å². The van der Waals surface area contributed by atoms with Crippen molar-refractivity contribution in [2.45, 2.75) is 19.3 Å². The van der Waals surface area contributed by atoms with E-state index in [1.54, 1.807) is 22.0 Å². The molecule has 0 saturated heterocycles. The summed E-state index contributed by atoms with van der Waals surface area (Å²) in [6, 6.07) is 13.5. The molecule has 0 aliphatic carbocycles. The Morgan fingerprint density at radius 3 is 2.81 bits per heavy atom. The average Bonchev–Trinajstić information content (AvgIpc) is 3.41. The number of carbonyl (C=O) groups excluding carboxylic acids is 1. The first-order chi connectivity index (χ1) is 15.1. The SMILES string of the molecule is O=C(Cc1cccs1)NCCCCNc1cc(-c2ccccc2Cl)nc2c(Br)cnn12. The van der Waals surface area contributed by atoms with E-state index in [2.05, 4.69) is 31.7 Å². The highest BCUT2D eigenvalue weighted by molar-refractivity contribution is 9.10. The lowest BCUT2D eigenvalue weighted by molar-refractivity contribution is -0.120.